The van der Waals surface area contributed by atoms with Crippen LogP contribution >= 0.6 is 0 Å². The summed E-state index contributed by atoms with van der Waals surface area (Å²) in [6, 6.07) is 0. The average molecular weight is 111 g/mol. The molecule has 0 saturated carbocycles. The Bertz CT molecular complexity index is 137. The van der Waals surface area contributed by atoms with Crippen LogP contribution in [0.1, 0.15) is 0 Å². The zero-order valence-corrected chi connectivity index (χ0v) is 4.54. The van der Waals surface area contributed by atoms with Gasteiger partial charge in [0.15, 0.2) is 0 Å². The fourth-order valence-electron chi connectivity index (χ4n) is 0.598. The van der Waals surface area contributed by atoms with E-state index in [1.807, 2.05) is 12.2 Å². The minimum absolute atomic E-state index is 0.707. The van der Waals surface area contributed by atoms with Crippen molar-refractivity contribution < 1.29 is 0 Å². The molecule has 0 saturated heterocycles. The minimum Gasteiger partial charge on any atom is -0.398 e. The topological polar surface area (TPSA) is 55.3 Å². The van der Waals surface area contributed by atoms with Gasteiger partial charge in [0, 0.05) is 11.9 Å². The number of hydrogen-bond acceptors (Lipinski definition) is 3. The Morgan fingerprint density at radius 3 is 2.75 bits per heavy atom. The molecule has 0 atom stereocenters. The van der Waals surface area contributed by atoms with Crippen LogP contribution in [0, 0.1) is 0 Å². The van der Waals surface area contributed by atoms with Gasteiger partial charge in [0.2, 0.25) is 0 Å². The summed E-state index contributed by atoms with van der Waals surface area (Å²) >= 11 is 0. The van der Waals surface area contributed by atoms with Crippen LogP contribution < -0.4 is 11.6 Å². The first-order valence-electron chi connectivity index (χ1n) is 2.44. The SMILES string of the molecule is NC1=CN(N)CC=C1. The highest BCUT2D eigenvalue weighted by Gasteiger charge is 1.94. The maximum atomic E-state index is 5.38. The van der Waals surface area contributed by atoms with E-state index in [1.165, 1.54) is 5.01 Å². The number of hydrazine groups is 1. The lowest BCUT2D eigenvalue weighted by Gasteiger charge is -2.14. The third kappa shape index (κ3) is 1.01. The molecule has 3 nitrogen and oxygen atoms in total. The highest BCUT2D eigenvalue weighted by Crippen LogP contribution is 1.95. The smallest absolute Gasteiger partial charge is 0.0520 e. The third-order valence-electron chi connectivity index (χ3n) is 0.941. The van der Waals surface area contributed by atoms with Crippen molar-refractivity contribution in [2.24, 2.45) is 11.6 Å². The summed E-state index contributed by atoms with van der Waals surface area (Å²) in [5.41, 5.74) is 6.08. The van der Waals surface area contributed by atoms with Gasteiger partial charge in [0.1, 0.15) is 0 Å². The zero-order chi connectivity index (χ0) is 5.98. The second-order valence-electron chi connectivity index (χ2n) is 1.73. The van der Waals surface area contributed by atoms with Crippen LogP contribution in [0.2, 0.25) is 0 Å². The Morgan fingerprint density at radius 1 is 1.62 bits per heavy atom. The van der Waals surface area contributed by atoms with Crippen LogP contribution in [-0.4, -0.2) is 11.6 Å². The van der Waals surface area contributed by atoms with Gasteiger partial charge in [-0.25, -0.2) is 5.84 Å². The van der Waals surface area contributed by atoms with Gasteiger partial charge in [-0.1, -0.05) is 6.08 Å². The lowest BCUT2D eigenvalue weighted by Crippen LogP contribution is -2.28. The first-order valence-corrected chi connectivity index (χ1v) is 2.44. The molecule has 3 heteroatoms. The van der Waals surface area contributed by atoms with E-state index in [9.17, 15) is 0 Å². The van der Waals surface area contributed by atoms with E-state index >= 15 is 0 Å². The average Bonchev–Trinajstić information content (AvgIpc) is 1.64. The molecule has 0 radical (unpaired) electrons. The van der Waals surface area contributed by atoms with Crippen LogP contribution in [0.4, 0.5) is 0 Å². The Morgan fingerprint density at radius 2 is 2.38 bits per heavy atom. The van der Waals surface area contributed by atoms with Crippen molar-refractivity contribution in [1.82, 2.24) is 5.01 Å². The molecule has 44 valence electrons. The van der Waals surface area contributed by atoms with Crippen LogP contribution in [0.3, 0.4) is 0 Å². The van der Waals surface area contributed by atoms with E-state index in [0.717, 1.165) is 6.54 Å². The molecule has 1 heterocycles. The fraction of sp³-hybridized carbons (Fsp3) is 0.200. The predicted octanol–water partition coefficient (Wildman–Crippen LogP) is -0.468. The van der Waals surface area contributed by atoms with E-state index < -0.39 is 0 Å². The first kappa shape index (κ1) is 5.18. The van der Waals surface area contributed by atoms with Gasteiger partial charge in [-0.15, -0.1) is 0 Å². The number of nitrogens with two attached hydrogens (primary N) is 2. The summed E-state index contributed by atoms with van der Waals surface area (Å²) in [5.74, 6) is 5.35. The van der Waals surface area contributed by atoms with Gasteiger partial charge in [-0.2, -0.15) is 0 Å². The molecule has 0 unspecified atom stereocenters. The van der Waals surface area contributed by atoms with Crippen molar-refractivity contribution >= 4 is 0 Å². The standard InChI is InChI=1S/C5H9N3/c6-5-2-1-3-8(7)4-5/h1-2,4H,3,6-7H2. The minimum atomic E-state index is 0.707. The van der Waals surface area contributed by atoms with Crippen LogP contribution in [0.5, 0.6) is 0 Å². The number of allylic oxidation sites excluding steroid dienone is 1. The van der Waals surface area contributed by atoms with Crippen molar-refractivity contribution in [3.63, 3.8) is 0 Å². The quantitative estimate of drug-likeness (QED) is 0.415. The fourth-order valence-corrected chi connectivity index (χ4v) is 0.598. The molecule has 4 N–H and O–H groups in total. The van der Waals surface area contributed by atoms with E-state index in [0.29, 0.717) is 5.70 Å². The van der Waals surface area contributed by atoms with Gasteiger partial charge < -0.3 is 10.7 Å². The molecule has 0 amide bonds. The van der Waals surface area contributed by atoms with Crippen molar-refractivity contribution in [3.05, 3.63) is 24.0 Å². The summed E-state index contributed by atoms with van der Waals surface area (Å²) in [6.45, 7) is 0.751. The number of rotatable bonds is 0. The van der Waals surface area contributed by atoms with Crippen LogP contribution in [-0.2, 0) is 0 Å². The third-order valence-corrected chi connectivity index (χ3v) is 0.941. The molecule has 0 aromatic carbocycles. The van der Waals surface area contributed by atoms with Crippen molar-refractivity contribution in [2.75, 3.05) is 6.54 Å². The molecule has 0 aromatic heterocycles. The highest BCUT2D eigenvalue weighted by atomic mass is 15.4. The summed E-state index contributed by atoms with van der Waals surface area (Å²) in [5, 5.41) is 1.54. The number of nitrogens with zero attached hydrogens (tertiary/aromatic N) is 1. The predicted molar refractivity (Wildman–Crippen MR) is 32.3 cm³/mol. The molecule has 0 bridgehead atoms. The Kier molecular flexibility index (Phi) is 1.22. The molecule has 1 aliphatic rings. The maximum Gasteiger partial charge on any atom is 0.0520 e. The molecule has 0 spiro atoms. The number of hydrogen-bond donors (Lipinski definition) is 2. The molecule has 1 rings (SSSR count). The lowest BCUT2D eigenvalue weighted by molar-refractivity contribution is 0.430. The van der Waals surface area contributed by atoms with Crippen LogP contribution in [0.25, 0.3) is 0 Å². The summed E-state index contributed by atoms with van der Waals surface area (Å²) < 4.78 is 0. The highest BCUT2D eigenvalue weighted by molar-refractivity contribution is 5.17. The molecule has 1 aliphatic heterocycles. The van der Waals surface area contributed by atoms with Gasteiger partial charge in [-0.3, -0.25) is 0 Å². The normalized spacial score (nSPS) is 18.6. The van der Waals surface area contributed by atoms with Gasteiger partial charge in [0.25, 0.3) is 0 Å². The van der Waals surface area contributed by atoms with E-state index in [1.54, 1.807) is 6.20 Å². The van der Waals surface area contributed by atoms with Crippen LogP contribution in [0.15, 0.2) is 24.0 Å². The van der Waals surface area contributed by atoms with Crippen molar-refractivity contribution in [3.8, 4) is 0 Å². The first-order chi connectivity index (χ1) is 3.79. The largest absolute Gasteiger partial charge is 0.398 e. The van der Waals surface area contributed by atoms with E-state index in [-0.39, 0.29) is 0 Å². The monoisotopic (exact) mass is 111 g/mol. The second kappa shape index (κ2) is 1.88. The Hall–Kier alpha value is -0.960. The molecule has 8 heavy (non-hydrogen) atoms. The lowest BCUT2D eigenvalue weighted by atomic mass is 10.3. The van der Waals surface area contributed by atoms with Crippen molar-refractivity contribution in [1.29, 1.82) is 0 Å². The summed E-state index contributed by atoms with van der Waals surface area (Å²) in [7, 11) is 0. The Balaban J connectivity index is 2.63. The van der Waals surface area contributed by atoms with Gasteiger partial charge >= 0.3 is 0 Å². The molecular weight excluding hydrogens is 102 g/mol. The molecular formula is C5H9N3. The maximum absolute atomic E-state index is 5.38. The molecule has 0 fully saturated rings. The Labute approximate surface area is 48.2 Å². The van der Waals surface area contributed by atoms with Gasteiger partial charge in [0.05, 0.1) is 6.54 Å². The second-order valence-corrected chi connectivity index (χ2v) is 1.73. The molecule has 0 aliphatic carbocycles. The summed E-state index contributed by atoms with van der Waals surface area (Å²) in [6.07, 6.45) is 5.44. The van der Waals surface area contributed by atoms with Crippen molar-refractivity contribution in [2.45, 2.75) is 0 Å². The van der Waals surface area contributed by atoms with E-state index in [4.69, 9.17) is 11.6 Å². The molecule has 0 aromatic rings. The summed E-state index contributed by atoms with van der Waals surface area (Å²) in [4.78, 5) is 0. The van der Waals surface area contributed by atoms with Gasteiger partial charge in [-0.05, 0) is 6.08 Å². The zero-order valence-electron chi connectivity index (χ0n) is 4.54. The van der Waals surface area contributed by atoms with E-state index in [2.05, 4.69) is 0 Å².